The molecule has 2 atom stereocenters. The Hall–Kier alpha value is -3.29. The number of aliphatic hydroxyl groups is 2. The van der Waals surface area contributed by atoms with Crippen LogP contribution in [0.25, 0.3) is 28.1 Å². The Morgan fingerprint density at radius 1 is 1.15 bits per heavy atom. The second-order valence-corrected chi connectivity index (χ2v) is 8.55. The van der Waals surface area contributed by atoms with Gasteiger partial charge in [-0.3, -0.25) is 9.78 Å². The molecule has 0 bridgehead atoms. The van der Waals surface area contributed by atoms with Crippen molar-refractivity contribution in [2.24, 2.45) is 0 Å². The summed E-state index contributed by atoms with van der Waals surface area (Å²) in [5.41, 5.74) is 4.64. The number of ether oxygens (including phenoxy) is 1. The molecule has 0 aliphatic heterocycles. The van der Waals surface area contributed by atoms with Crippen LogP contribution in [0.4, 0.5) is 4.39 Å². The lowest BCUT2D eigenvalue weighted by molar-refractivity contribution is -0.139. The first-order valence-electron chi connectivity index (χ1n) is 11.4. The summed E-state index contributed by atoms with van der Waals surface area (Å²) in [6, 6.07) is 15.4. The average molecular weight is 465 g/mol. The van der Waals surface area contributed by atoms with E-state index in [4.69, 9.17) is 14.8 Å². The van der Waals surface area contributed by atoms with Crippen LogP contribution in [0.1, 0.15) is 42.9 Å². The number of alkyl halides is 1. The van der Waals surface area contributed by atoms with Gasteiger partial charge in [0.05, 0.1) is 29.8 Å². The summed E-state index contributed by atoms with van der Waals surface area (Å²) in [4.78, 5) is 15.7. The lowest BCUT2D eigenvalue weighted by atomic mass is 9.92. The molecule has 7 heteroatoms. The molecule has 3 N–H and O–H groups in total. The molecule has 1 aliphatic rings. The fourth-order valence-corrected chi connectivity index (χ4v) is 4.12. The Morgan fingerprint density at radius 3 is 2.56 bits per heavy atom. The Labute approximate surface area is 197 Å². The maximum Gasteiger partial charge on any atom is 0.305 e. The summed E-state index contributed by atoms with van der Waals surface area (Å²) in [7, 11) is 0. The van der Waals surface area contributed by atoms with E-state index in [1.165, 1.54) is 0 Å². The molecule has 4 rings (SSSR count). The van der Waals surface area contributed by atoms with Crippen molar-refractivity contribution in [1.29, 1.82) is 0 Å². The third-order valence-electron chi connectivity index (χ3n) is 5.82. The van der Waals surface area contributed by atoms with Gasteiger partial charge in [0.15, 0.2) is 0 Å². The summed E-state index contributed by atoms with van der Waals surface area (Å²) in [6.07, 6.45) is 2.88. The van der Waals surface area contributed by atoms with Crippen LogP contribution in [0.15, 0.2) is 54.6 Å². The van der Waals surface area contributed by atoms with Crippen LogP contribution >= 0.6 is 0 Å². The highest BCUT2D eigenvalue weighted by Gasteiger charge is 2.29. The zero-order chi connectivity index (χ0) is 24.1. The highest BCUT2D eigenvalue weighted by molar-refractivity contribution is 5.99. The molecule has 1 saturated carbocycles. The Balaban J connectivity index is 1.75. The van der Waals surface area contributed by atoms with Crippen molar-refractivity contribution in [2.75, 3.05) is 13.3 Å². The summed E-state index contributed by atoms with van der Waals surface area (Å²) < 4.78 is 17.8. The molecular weight excluding hydrogens is 436 g/mol. The Morgan fingerprint density at radius 2 is 1.88 bits per heavy atom. The van der Waals surface area contributed by atoms with Gasteiger partial charge in [0.2, 0.25) is 0 Å². The first kappa shape index (κ1) is 23.9. The number of aromatic nitrogens is 1. The van der Waals surface area contributed by atoms with Crippen LogP contribution in [0.2, 0.25) is 0 Å². The quantitative estimate of drug-likeness (QED) is 0.380. The van der Waals surface area contributed by atoms with Crippen molar-refractivity contribution >= 4 is 22.9 Å². The van der Waals surface area contributed by atoms with E-state index in [1.54, 1.807) is 6.08 Å². The van der Waals surface area contributed by atoms with Crippen molar-refractivity contribution in [3.05, 3.63) is 65.9 Å². The van der Waals surface area contributed by atoms with Crippen LogP contribution in [-0.4, -0.2) is 51.8 Å². The fourth-order valence-electron chi connectivity index (χ4n) is 4.12. The number of aliphatic carboxylic acids is 1. The predicted octanol–water partition coefficient (Wildman–Crippen LogP) is 4.73. The lowest BCUT2D eigenvalue weighted by Crippen LogP contribution is -2.19. The number of hydrogen-bond acceptors (Lipinski definition) is 5. The number of nitrogens with zero attached hydrogens (tertiary/aromatic N) is 1. The van der Waals surface area contributed by atoms with Gasteiger partial charge in [-0.15, -0.1) is 0 Å². The van der Waals surface area contributed by atoms with Crippen LogP contribution in [0, 0.1) is 0 Å². The number of fused-ring (bicyclic) bond motifs is 1. The van der Waals surface area contributed by atoms with Gasteiger partial charge >= 0.3 is 5.97 Å². The van der Waals surface area contributed by atoms with E-state index >= 15 is 0 Å². The molecule has 0 amide bonds. The van der Waals surface area contributed by atoms with Crippen LogP contribution < -0.4 is 4.74 Å². The van der Waals surface area contributed by atoms with Gasteiger partial charge in [-0.1, -0.05) is 42.5 Å². The Kier molecular flexibility index (Phi) is 7.55. The van der Waals surface area contributed by atoms with Gasteiger partial charge in [0, 0.05) is 28.9 Å². The molecule has 0 saturated heterocycles. The zero-order valence-electron chi connectivity index (χ0n) is 18.7. The van der Waals surface area contributed by atoms with Crippen LogP contribution in [-0.2, 0) is 4.79 Å². The molecule has 1 aliphatic carbocycles. The second kappa shape index (κ2) is 10.8. The van der Waals surface area contributed by atoms with Gasteiger partial charge in [-0.2, -0.15) is 0 Å². The molecular formula is C27H28FNO5. The highest BCUT2D eigenvalue weighted by Crippen LogP contribution is 2.45. The number of benzene rings is 2. The van der Waals surface area contributed by atoms with E-state index in [9.17, 15) is 19.4 Å². The van der Waals surface area contributed by atoms with Crippen LogP contribution in [0.3, 0.4) is 0 Å². The fraction of sp³-hybridized carbons (Fsp3) is 0.333. The molecule has 0 spiro atoms. The average Bonchev–Trinajstić information content (AvgIpc) is 3.66. The Bertz CT molecular complexity index is 1170. The molecule has 34 heavy (non-hydrogen) atoms. The summed E-state index contributed by atoms with van der Waals surface area (Å²) in [5.74, 6) is -0.188. The standard InChI is InChI=1S/C27H28FNO5/c28-13-14-34-21-10-7-17(8-11-21)26-22-3-1-2-4-24(22)29-27(18-5-6-18)23(26)12-9-19(30)15-20(31)16-25(32)33/h1-4,7-12,18-20,30-31H,5-6,13-16H2,(H,32,33)/b12-9+/t19-,20-/m1/s1/i28-1. The van der Waals surface area contributed by atoms with Gasteiger partial charge in [-0.05, 0) is 36.6 Å². The van der Waals surface area contributed by atoms with E-state index in [2.05, 4.69) is 0 Å². The largest absolute Gasteiger partial charge is 0.491 e. The van der Waals surface area contributed by atoms with Crippen molar-refractivity contribution in [1.82, 2.24) is 4.98 Å². The van der Waals surface area contributed by atoms with Crippen molar-refractivity contribution < 1.29 is 29.2 Å². The maximum absolute atomic E-state index is 12.5. The van der Waals surface area contributed by atoms with Gasteiger partial charge in [0.1, 0.15) is 19.0 Å². The number of pyridine rings is 1. The number of carboxylic acids is 1. The lowest BCUT2D eigenvalue weighted by Gasteiger charge is -2.17. The number of rotatable bonds is 11. The SMILES string of the molecule is O=C(O)C[C@H](O)C[C@H](O)/C=C/c1c(C2CC2)nc2ccccc2c1-c1ccc(OCC[18F])cc1. The minimum Gasteiger partial charge on any atom is -0.491 e. The smallest absolute Gasteiger partial charge is 0.305 e. The van der Waals surface area contributed by atoms with E-state index in [0.717, 1.165) is 46.1 Å². The first-order chi connectivity index (χ1) is 16.5. The number of hydrogen-bond donors (Lipinski definition) is 3. The molecule has 3 aromatic rings. The molecule has 1 fully saturated rings. The topological polar surface area (TPSA) is 99.9 Å². The monoisotopic (exact) mass is 464 g/mol. The summed E-state index contributed by atoms with van der Waals surface area (Å²) >= 11 is 0. The van der Waals surface area contributed by atoms with Crippen molar-refractivity contribution in [3.8, 4) is 16.9 Å². The highest BCUT2D eigenvalue weighted by atomic mass is 18.2. The molecule has 6 nitrogen and oxygen atoms in total. The molecule has 0 radical (unpaired) electrons. The molecule has 1 heterocycles. The summed E-state index contributed by atoms with van der Waals surface area (Å²) in [5, 5.41) is 30.1. The summed E-state index contributed by atoms with van der Waals surface area (Å²) in [6.45, 7) is -0.553. The van der Waals surface area contributed by atoms with E-state index in [0.29, 0.717) is 11.7 Å². The number of para-hydroxylation sites is 1. The van der Waals surface area contributed by atoms with E-state index in [1.807, 2.05) is 54.6 Å². The second-order valence-electron chi connectivity index (χ2n) is 8.55. The third kappa shape index (κ3) is 5.79. The molecule has 0 unspecified atom stereocenters. The van der Waals surface area contributed by atoms with E-state index in [-0.39, 0.29) is 13.0 Å². The normalized spacial score (nSPS) is 15.5. The molecule has 2 aromatic carbocycles. The predicted molar refractivity (Wildman–Crippen MR) is 129 cm³/mol. The van der Waals surface area contributed by atoms with Gasteiger partial charge < -0.3 is 20.1 Å². The van der Waals surface area contributed by atoms with Crippen molar-refractivity contribution in [3.63, 3.8) is 0 Å². The zero-order valence-corrected chi connectivity index (χ0v) is 18.7. The van der Waals surface area contributed by atoms with Gasteiger partial charge in [0.25, 0.3) is 0 Å². The van der Waals surface area contributed by atoms with Crippen molar-refractivity contribution in [2.45, 2.75) is 43.8 Å². The van der Waals surface area contributed by atoms with Crippen LogP contribution in [0.5, 0.6) is 5.75 Å². The van der Waals surface area contributed by atoms with E-state index < -0.39 is 31.3 Å². The minimum atomic E-state index is -1.13. The molecule has 1 aromatic heterocycles. The minimum absolute atomic E-state index is 0.00294. The number of halogens is 1. The number of aliphatic hydroxyl groups excluding tert-OH is 2. The first-order valence-corrected chi connectivity index (χ1v) is 11.4. The molecule has 178 valence electrons. The third-order valence-corrected chi connectivity index (χ3v) is 5.82. The van der Waals surface area contributed by atoms with Gasteiger partial charge in [-0.25, -0.2) is 4.39 Å². The maximum atomic E-state index is 12.5. The number of carbonyl (C=O) groups is 1. The number of carboxylic acid groups (broad SMARTS) is 1.